The molecular formula is C19H25N5O3S. The highest BCUT2D eigenvalue weighted by molar-refractivity contribution is 8.00. The summed E-state index contributed by atoms with van der Waals surface area (Å²) in [5.41, 5.74) is 1.17. The number of nitro groups is 1. The van der Waals surface area contributed by atoms with Crippen LogP contribution in [0.3, 0.4) is 0 Å². The van der Waals surface area contributed by atoms with Gasteiger partial charge in [-0.25, -0.2) is 0 Å². The number of non-ortho nitro benzene ring substituents is 1. The van der Waals surface area contributed by atoms with Crippen LogP contribution >= 0.6 is 11.8 Å². The minimum Gasteiger partial charge on any atom is -0.325 e. The Morgan fingerprint density at radius 2 is 2.04 bits per heavy atom. The van der Waals surface area contributed by atoms with Crippen molar-refractivity contribution in [3.8, 4) is 0 Å². The highest BCUT2D eigenvalue weighted by Crippen LogP contribution is 2.33. The molecule has 1 aliphatic carbocycles. The third-order valence-electron chi connectivity index (χ3n) is 5.18. The minimum atomic E-state index is -0.473. The average molecular weight is 404 g/mol. The largest absolute Gasteiger partial charge is 0.325 e. The van der Waals surface area contributed by atoms with Gasteiger partial charge in [0.25, 0.3) is 5.69 Å². The van der Waals surface area contributed by atoms with Gasteiger partial charge in [-0.05, 0) is 32.3 Å². The van der Waals surface area contributed by atoms with Crippen molar-refractivity contribution in [2.45, 2.75) is 62.3 Å². The van der Waals surface area contributed by atoms with Crippen molar-refractivity contribution in [3.05, 3.63) is 39.7 Å². The minimum absolute atomic E-state index is 0.0494. The van der Waals surface area contributed by atoms with E-state index in [-0.39, 0.29) is 11.6 Å². The van der Waals surface area contributed by atoms with E-state index < -0.39 is 10.2 Å². The molecule has 1 amide bonds. The summed E-state index contributed by atoms with van der Waals surface area (Å²) in [5, 5.41) is 22.7. The molecule has 3 rings (SSSR count). The Hall–Kier alpha value is -2.42. The van der Waals surface area contributed by atoms with Crippen molar-refractivity contribution < 1.29 is 9.72 Å². The van der Waals surface area contributed by atoms with E-state index in [2.05, 4.69) is 15.5 Å². The van der Waals surface area contributed by atoms with E-state index >= 15 is 0 Å². The van der Waals surface area contributed by atoms with Crippen molar-refractivity contribution in [2.24, 2.45) is 7.05 Å². The molecule has 0 bridgehead atoms. The molecule has 2 aromatic rings. The SMILES string of the molecule is Cc1ccc([N+](=O)[O-])cc1NC(=O)[C@H](C)Sc1nnc(C2CCCCC2)n1C. The molecule has 28 heavy (non-hydrogen) atoms. The summed E-state index contributed by atoms with van der Waals surface area (Å²) in [7, 11) is 1.95. The zero-order valence-electron chi connectivity index (χ0n) is 16.3. The zero-order valence-corrected chi connectivity index (χ0v) is 17.2. The Kier molecular flexibility index (Phi) is 6.33. The summed E-state index contributed by atoms with van der Waals surface area (Å²) >= 11 is 1.34. The molecule has 9 heteroatoms. The Labute approximate surface area is 168 Å². The normalized spacial score (nSPS) is 16.0. The third kappa shape index (κ3) is 4.52. The fourth-order valence-electron chi connectivity index (χ4n) is 3.45. The first-order chi connectivity index (χ1) is 13.4. The van der Waals surface area contributed by atoms with Crippen LogP contribution in [0.5, 0.6) is 0 Å². The van der Waals surface area contributed by atoms with Crippen LogP contribution in [0.2, 0.25) is 0 Å². The van der Waals surface area contributed by atoms with E-state index in [0.717, 1.165) is 24.2 Å². The molecule has 1 atom stereocenters. The number of hydrogen-bond acceptors (Lipinski definition) is 6. The highest BCUT2D eigenvalue weighted by atomic mass is 32.2. The van der Waals surface area contributed by atoms with E-state index in [0.29, 0.717) is 16.8 Å². The molecule has 1 aliphatic rings. The van der Waals surface area contributed by atoms with Crippen LogP contribution in [-0.4, -0.2) is 30.8 Å². The summed E-state index contributed by atoms with van der Waals surface area (Å²) in [5.74, 6) is 1.21. The number of aryl methyl sites for hydroxylation is 1. The number of amides is 1. The molecule has 1 N–H and O–H groups in total. The first-order valence-corrected chi connectivity index (χ1v) is 10.4. The molecule has 8 nitrogen and oxygen atoms in total. The van der Waals surface area contributed by atoms with Gasteiger partial charge in [-0.1, -0.05) is 37.1 Å². The second-order valence-electron chi connectivity index (χ2n) is 7.24. The summed E-state index contributed by atoms with van der Waals surface area (Å²) < 4.78 is 1.99. The zero-order chi connectivity index (χ0) is 20.3. The molecule has 1 fully saturated rings. The first kappa shape index (κ1) is 20.3. The van der Waals surface area contributed by atoms with E-state index in [1.54, 1.807) is 19.9 Å². The summed E-state index contributed by atoms with van der Waals surface area (Å²) in [6.07, 6.45) is 6.00. The van der Waals surface area contributed by atoms with Gasteiger partial charge < -0.3 is 9.88 Å². The number of aromatic nitrogens is 3. The van der Waals surface area contributed by atoms with Crippen LogP contribution in [0.4, 0.5) is 11.4 Å². The fourth-order valence-corrected chi connectivity index (χ4v) is 4.27. The number of benzene rings is 1. The second kappa shape index (κ2) is 8.72. The molecule has 0 spiro atoms. The Bertz CT molecular complexity index is 876. The van der Waals surface area contributed by atoms with Crippen molar-refractivity contribution in [1.29, 1.82) is 0 Å². The molecule has 1 aromatic carbocycles. The number of thioether (sulfide) groups is 1. The van der Waals surface area contributed by atoms with Gasteiger partial charge in [0.1, 0.15) is 5.82 Å². The molecule has 0 unspecified atom stereocenters. The van der Waals surface area contributed by atoms with Crippen molar-refractivity contribution in [2.75, 3.05) is 5.32 Å². The van der Waals surface area contributed by atoms with Gasteiger partial charge in [0, 0.05) is 25.1 Å². The predicted octanol–water partition coefficient (Wildman–Crippen LogP) is 4.20. The number of rotatable bonds is 6. The lowest BCUT2D eigenvalue weighted by Gasteiger charge is -2.20. The van der Waals surface area contributed by atoms with Gasteiger partial charge in [0.2, 0.25) is 5.91 Å². The smallest absolute Gasteiger partial charge is 0.271 e. The topological polar surface area (TPSA) is 103 Å². The molecule has 0 radical (unpaired) electrons. The predicted molar refractivity (Wildman–Crippen MR) is 109 cm³/mol. The maximum Gasteiger partial charge on any atom is 0.271 e. The van der Waals surface area contributed by atoms with E-state index in [9.17, 15) is 14.9 Å². The molecule has 0 saturated heterocycles. The number of nitro benzene ring substituents is 1. The number of nitrogens with one attached hydrogen (secondary N) is 1. The van der Waals surface area contributed by atoms with Gasteiger partial charge in [0.05, 0.1) is 15.9 Å². The lowest BCUT2D eigenvalue weighted by Crippen LogP contribution is -2.23. The number of nitrogens with zero attached hydrogens (tertiary/aromatic N) is 4. The van der Waals surface area contributed by atoms with Crippen LogP contribution < -0.4 is 5.32 Å². The van der Waals surface area contributed by atoms with Crippen LogP contribution in [-0.2, 0) is 11.8 Å². The van der Waals surface area contributed by atoms with Crippen LogP contribution in [0.25, 0.3) is 0 Å². The van der Waals surface area contributed by atoms with Gasteiger partial charge in [-0.2, -0.15) is 0 Å². The lowest BCUT2D eigenvalue weighted by molar-refractivity contribution is -0.384. The van der Waals surface area contributed by atoms with Gasteiger partial charge in [-0.15, -0.1) is 10.2 Å². The second-order valence-corrected chi connectivity index (χ2v) is 8.55. The Balaban J connectivity index is 1.67. The van der Waals surface area contributed by atoms with Crippen LogP contribution in [0.15, 0.2) is 23.4 Å². The molecule has 150 valence electrons. The number of anilines is 1. The van der Waals surface area contributed by atoms with Crippen molar-refractivity contribution in [3.63, 3.8) is 0 Å². The van der Waals surface area contributed by atoms with Crippen molar-refractivity contribution >= 4 is 29.0 Å². The third-order valence-corrected chi connectivity index (χ3v) is 6.31. The monoisotopic (exact) mass is 403 g/mol. The molecule has 0 aliphatic heterocycles. The highest BCUT2D eigenvalue weighted by Gasteiger charge is 2.24. The average Bonchev–Trinajstić information content (AvgIpc) is 3.04. The number of carbonyl (C=O) groups is 1. The van der Waals surface area contributed by atoms with Gasteiger partial charge >= 0.3 is 0 Å². The summed E-state index contributed by atoms with van der Waals surface area (Å²) in [4.78, 5) is 23.1. The van der Waals surface area contributed by atoms with E-state index in [4.69, 9.17) is 0 Å². The maximum atomic E-state index is 12.6. The van der Waals surface area contributed by atoms with Gasteiger partial charge in [0.15, 0.2) is 5.16 Å². The van der Waals surface area contributed by atoms with Crippen molar-refractivity contribution in [1.82, 2.24) is 14.8 Å². The lowest BCUT2D eigenvalue weighted by atomic mass is 9.89. The number of carbonyl (C=O) groups excluding carboxylic acids is 1. The Morgan fingerprint density at radius 3 is 2.71 bits per heavy atom. The van der Waals surface area contributed by atoms with E-state index in [1.807, 2.05) is 11.6 Å². The fraction of sp³-hybridized carbons (Fsp3) is 0.526. The number of hydrogen-bond donors (Lipinski definition) is 1. The molecule has 1 aromatic heterocycles. The van der Waals surface area contributed by atoms with Gasteiger partial charge in [-0.3, -0.25) is 14.9 Å². The van der Waals surface area contributed by atoms with E-state index in [1.165, 1.54) is 43.2 Å². The summed E-state index contributed by atoms with van der Waals surface area (Å²) in [6, 6.07) is 4.44. The maximum absolute atomic E-state index is 12.6. The molecule has 1 heterocycles. The standard InChI is InChI=1S/C19H25N5O3S/c1-12-9-10-15(24(26)27)11-16(12)20-18(25)13(2)28-19-22-21-17(23(19)3)14-7-5-4-6-8-14/h9-11,13-14H,4-8H2,1-3H3,(H,20,25)/t13-/m0/s1. The molecule has 1 saturated carbocycles. The Morgan fingerprint density at radius 1 is 1.32 bits per heavy atom. The van der Waals surface area contributed by atoms with Crippen LogP contribution in [0, 0.1) is 17.0 Å². The van der Waals surface area contributed by atoms with Crippen LogP contribution in [0.1, 0.15) is 56.3 Å². The summed E-state index contributed by atoms with van der Waals surface area (Å²) in [6.45, 7) is 3.60. The quantitative estimate of drug-likeness (QED) is 0.440. The molecular weight excluding hydrogens is 378 g/mol. The first-order valence-electron chi connectivity index (χ1n) is 9.48.